The number of hydrogen-bond acceptors (Lipinski definition) is 8. The monoisotopic (exact) mass is 841 g/mol. The number of hydrogen-bond donors (Lipinski definition) is 1. The van der Waals surface area contributed by atoms with Crippen molar-refractivity contribution in [2.45, 2.75) is 149 Å². The van der Waals surface area contributed by atoms with Crippen molar-refractivity contribution < 1.29 is 18.3 Å². The van der Waals surface area contributed by atoms with Gasteiger partial charge in [-0.1, -0.05) is 73.3 Å². The van der Waals surface area contributed by atoms with Crippen LogP contribution in [-0.4, -0.2) is 69.6 Å². The summed E-state index contributed by atoms with van der Waals surface area (Å²) < 4.78 is 30.0. The van der Waals surface area contributed by atoms with Gasteiger partial charge in [-0.3, -0.25) is 4.98 Å². The maximum absolute atomic E-state index is 6.95. The Kier molecular flexibility index (Phi) is 13.2. The normalized spacial score (nSPS) is 17.7. The molecule has 3 aromatic heterocycles. The lowest BCUT2D eigenvalue weighted by Crippen LogP contribution is -2.44. The summed E-state index contributed by atoms with van der Waals surface area (Å²) in [6.07, 6.45) is 7.93. The summed E-state index contributed by atoms with van der Waals surface area (Å²) in [5.41, 5.74) is 6.07. The van der Waals surface area contributed by atoms with Gasteiger partial charge < -0.3 is 28.2 Å². The Balaban J connectivity index is 1.43. The van der Waals surface area contributed by atoms with E-state index in [9.17, 15) is 0 Å². The zero-order valence-corrected chi connectivity index (χ0v) is 40.7. The van der Waals surface area contributed by atoms with E-state index in [0.717, 1.165) is 87.9 Å². The van der Waals surface area contributed by atoms with Gasteiger partial charge in [-0.15, -0.1) is 0 Å². The smallest absolute Gasteiger partial charge is 0.209 e. The van der Waals surface area contributed by atoms with Gasteiger partial charge in [0.05, 0.1) is 29.8 Å². The number of rotatable bonds is 15. The molecular formula is C45H69N6O4Si3. The molecule has 1 aliphatic rings. The van der Waals surface area contributed by atoms with Gasteiger partial charge in [0.1, 0.15) is 12.5 Å². The van der Waals surface area contributed by atoms with Crippen LogP contribution < -0.4 is 10.1 Å². The highest BCUT2D eigenvalue weighted by Crippen LogP contribution is 2.44. The van der Waals surface area contributed by atoms with Crippen molar-refractivity contribution in [3.05, 3.63) is 60.4 Å². The van der Waals surface area contributed by atoms with Gasteiger partial charge >= 0.3 is 0 Å². The number of aromatic nitrogens is 5. The molecule has 6 rings (SSSR count). The molecule has 315 valence electrons. The molecule has 0 bridgehead atoms. The van der Waals surface area contributed by atoms with Gasteiger partial charge in [0.2, 0.25) is 15.0 Å². The number of methoxy groups -OCH3 is 1. The molecule has 1 aliphatic carbocycles. The van der Waals surface area contributed by atoms with Crippen LogP contribution in [0, 0.1) is 5.41 Å². The summed E-state index contributed by atoms with van der Waals surface area (Å²) in [7, 11) is -2.38. The largest absolute Gasteiger partial charge is 0.496 e. The van der Waals surface area contributed by atoms with E-state index in [0.29, 0.717) is 13.3 Å². The predicted octanol–water partition coefficient (Wildman–Crippen LogP) is 12.4. The lowest BCUT2D eigenvalue weighted by Gasteiger charge is -2.41. The number of imidazole rings is 1. The number of nitrogens with zero attached hydrogens (tertiary/aromatic N) is 5. The van der Waals surface area contributed by atoms with Crippen molar-refractivity contribution in [2.24, 2.45) is 5.41 Å². The van der Waals surface area contributed by atoms with Gasteiger partial charge in [-0.2, -0.15) is 5.10 Å². The number of ether oxygens (including phenoxy) is 2. The molecule has 1 radical (unpaired) electrons. The minimum Gasteiger partial charge on any atom is -0.496 e. The van der Waals surface area contributed by atoms with E-state index < -0.39 is 25.4 Å². The van der Waals surface area contributed by atoms with Crippen molar-refractivity contribution in [2.75, 3.05) is 19.0 Å². The van der Waals surface area contributed by atoms with Crippen LogP contribution in [0.4, 0.5) is 11.8 Å². The van der Waals surface area contributed by atoms with Gasteiger partial charge in [0.15, 0.2) is 14.1 Å². The Morgan fingerprint density at radius 2 is 1.62 bits per heavy atom. The Labute approximate surface area is 351 Å². The molecule has 0 saturated heterocycles. The lowest BCUT2D eigenvalue weighted by atomic mass is 9.85. The minimum atomic E-state index is -1.88. The number of fused-ring (bicyclic) bond motifs is 2. The molecular weight excluding hydrogens is 773 g/mol. The molecule has 1 fully saturated rings. The highest BCUT2D eigenvalue weighted by atomic mass is 28.4. The molecule has 0 aliphatic heterocycles. The highest BCUT2D eigenvalue weighted by Gasteiger charge is 2.40. The van der Waals surface area contributed by atoms with Crippen molar-refractivity contribution in [1.82, 2.24) is 24.3 Å². The number of nitrogens with one attached hydrogen (secondary N) is 1. The number of benzene rings is 2. The van der Waals surface area contributed by atoms with Gasteiger partial charge in [-0.05, 0) is 110 Å². The van der Waals surface area contributed by atoms with E-state index in [1.165, 1.54) is 0 Å². The van der Waals surface area contributed by atoms with Gasteiger partial charge in [0, 0.05) is 50.2 Å². The minimum absolute atomic E-state index is 0.0336. The Morgan fingerprint density at radius 3 is 2.26 bits per heavy atom. The summed E-state index contributed by atoms with van der Waals surface area (Å²) in [5, 5.41) is 10.2. The molecule has 13 heteroatoms. The van der Waals surface area contributed by atoms with Crippen molar-refractivity contribution in [3.8, 4) is 16.9 Å². The zero-order valence-electron chi connectivity index (χ0n) is 37.7. The molecule has 0 amide bonds. The third kappa shape index (κ3) is 10.2. The molecule has 3 heterocycles. The topological polar surface area (TPSA) is 97.5 Å². The Hall–Kier alpha value is -3.34. The first-order chi connectivity index (χ1) is 27.1. The average Bonchev–Trinajstić information content (AvgIpc) is 3.67. The Bertz CT molecular complexity index is 2170. The summed E-state index contributed by atoms with van der Waals surface area (Å²) in [6.45, 7) is 31.1. The fourth-order valence-electron chi connectivity index (χ4n) is 7.68. The fraction of sp³-hybridized carbons (Fsp3) is 0.578. The molecule has 1 atom stereocenters. The Morgan fingerprint density at radius 1 is 0.914 bits per heavy atom. The standard InChI is InChI=1S/C45H69N6O4Si3/c1-44(2,3)41(54-56(8)9)32-16-22-39-37(28-32)47-43(51(39)33-17-19-34(20-18-33)55-58(13,14)45(4,5)6)48-42-35-27-31(36-29-46-24-23-40(36)52-7)15-21-38(35)50(49-42)30-53-25-26-57(10,11)12/h15-16,21-24,27-29,33-34,41H,17-20,25-26,30H2,1-14H3,(H,47,48,49). The van der Waals surface area contributed by atoms with Crippen LogP contribution in [0.15, 0.2) is 54.9 Å². The molecule has 0 spiro atoms. The van der Waals surface area contributed by atoms with Crippen LogP contribution in [0.25, 0.3) is 33.1 Å². The SMILES string of the molecule is COc1ccncc1-c1ccc2c(c1)c(Nc1nc3cc(C(O[Si](C)C)C(C)(C)C)ccc3n1C1CCC(O[Si](C)(C)C(C)(C)C)CC1)nn2COCC[Si](C)(C)C. The third-order valence-electron chi connectivity index (χ3n) is 11.9. The number of anilines is 2. The van der Waals surface area contributed by atoms with Crippen LogP contribution >= 0.6 is 0 Å². The molecule has 58 heavy (non-hydrogen) atoms. The summed E-state index contributed by atoms with van der Waals surface area (Å²) in [6, 6.07) is 16.4. The van der Waals surface area contributed by atoms with Crippen LogP contribution in [0.1, 0.15) is 84.9 Å². The van der Waals surface area contributed by atoms with E-state index in [4.69, 9.17) is 28.4 Å². The van der Waals surface area contributed by atoms with E-state index >= 15 is 0 Å². The maximum Gasteiger partial charge on any atom is 0.209 e. The van der Waals surface area contributed by atoms with E-state index in [1.54, 1.807) is 13.3 Å². The highest BCUT2D eigenvalue weighted by molar-refractivity contribution is 6.76. The average molecular weight is 842 g/mol. The fourth-order valence-corrected chi connectivity index (χ4v) is 10.8. The van der Waals surface area contributed by atoms with Crippen LogP contribution in [0.3, 0.4) is 0 Å². The van der Waals surface area contributed by atoms with Crippen LogP contribution in [-0.2, 0) is 20.3 Å². The number of pyridine rings is 1. The van der Waals surface area contributed by atoms with E-state index in [-0.39, 0.29) is 28.7 Å². The van der Waals surface area contributed by atoms with Crippen molar-refractivity contribution >= 4 is 59.1 Å². The third-order valence-corrected chi connectivity index (χ3v) is 18.9. The van der Waals surface area contributed by atoms with Crippen molar-refractivity contribution in [3.63, 3.8) is 0 Å². The zero-order chi connectivity index (χ0) is 42.2. The predicted molar refractivity (Wildman–Crippen MR) is 247 cm³/mol. The molecule has 5 aromatic rings. The molecule has 1 N–H and O–H groups in total. The second kappa shape index (κ2) is 17.3. The first kappa shape index (κ1) is 44.2. The lowest BCUT2D eigenvalue weighted by molar-refractivity contribution is 0.0819. The first-order valence-electron chi connectivity index (χ1n) is 21.2. The van der Waals surface area contributed by atoms with E-state index in [1.807, 2.05) is 16.9 Å². The van der Waals surface area contributed by atoms with Gasteiger partial charge in [-0.25, -0.2) is 9.67 Å². The van der Waals surface area contributed by atoms with Gasteiger partial charge in [0.25, 0.3) is 0 Å². The second-order valence-electron chi connectivity index (χ2n) is 20.3. The summed E-state index contributed by atoms with van der Waals surface area (Å²) >= 11 is 0. The molecule has 10 nitrogen and oxygen atoms in total. The molecule has 1 saturated carbocycles. The second-order valence-corrected chi connectivity index (χ2v) is 32.7. The quantitative estimate of drug-likeness (QED) is 0.0822. The first-order valence-corrected chi connectivity index (χ1v) is 30.2. The van der Waals surface area contributed by atoms with Crippen molar-refractivity contribution in [1.29, 1.82) is 0 Å². The summed E-state index contributed by atoms with van der Waals surface area (Å²) in [4.78, 5) is 9.83. The van der Waals surface area contributed by atoms with Crippen LogP contribution in [0.5, 0.6) is 5.75 Å². The molecule has 1 unspecified atom stereocenters. The van der Waals surface area contributed by atoms with Crippen LogP contribution in [0.2, 0.25) is 56.9 Å². The molecule has 2 aromatic carbocycles. The summed E-state index contributed by atoms with van der Waals surface area (Å²) in [5.74, 6) is 2.30. The van der Waals surface area contributed by atoms with E-state index in [2.05, 4.69) is 139 Å². The maximum atomic E-state index is 6.95.